The van der Waals surface area contributed by atoms with Gasteiger partial charge in [0.25, 0.3) is 6.71 Å². The van der Waals surface area contributed by atoms with E-state index < -0.39 is 0 Å². The number of nitrogens with zero attached hydrogens (tertiary/aromatic N) is 2. The van der Waals surface area contributed by atoms with Crippen LogP contribution in [0.25, 0.3) is 11.1 Å². The molecule has 7 aromatic carbocycles. The molecule has 0 aromatic heterocycles. The number of rotatable bonds is 5. The molecule has 3 heteroatoms. The second-order valence-electron chi connectivity index (χ2n) is 18.8. The molecule has 0 radical (unpaired) electrons. The minimum absolute atomic E-state index is 0.0140. The van der Waals surface area contributed by atoms with Gasteiger partial charge in [-0.3, -0.25) is 0 Å². The van der Waals surface area contributed by atoms with Gasteiger partial charge in [-0.15, -0.1) is 0 Å². The van der Waals surface area contributed by atoms with Gasteiger partial charge in [0.2, 0.25) is 0 Å². The molecule has 0 fully saturated rings. The molecule has 2 aliphatic heterocycles. The van der Waals surface area contributed by atoms with Gasteiger partial charge >= 0.3 is 0 Å². The summed E-state index contributed by atoms with van der Waals surface area (Å²) >= 11 is 0. The summed E-state index contributed by atoms with van der Waals surface area (Å²) in [5.41, 5.74) is 20.2. The largest absolute Gasteiger partial charge is 0.311 e. The average molecular weight is 741 g/mol. The molecule has 57 heavy (non-hydrogen) atoms. The number of fused-ring (bicyclic) bond motifs is 4. The second-order valence-corrected chi connectivity index (χ2v) is 18.8. The first kappa shape index (κ1) is 36.8. The number of benzene rings is 7. The van der Waals surface area contributed by atoms with E-state index in [0.717, 1.165) is 0 Å². The molecule has 0 saturated carbocycles. The smallest absolute Gasteiger partial charge is 0.252 e. The Hall–Kier alpha value is -5.80. The Morgan fingerprint density at radius 3 is 1.54 bits per heavy atom. The molecular weight excluding hydrogens is 687 g/mol. The summed E-state index contributed by atoms with van der Waals surface area (Å²) in [5.74, 6) is 0. The quantitative estimate of drug-likeness (QED) is 0.162. The van der Waals surface area contributed by atoms with Crippen molar-refractivity contribution in [3.63, 3.8) is 0 Å². The van der Waals surface area contributed by atoms with Crippen molar-refractivity contribution in [1.82, 2.24) is 0 Å². The second kappa shape index (κ2) is 13.4. The van der Waals surface area contributed by atoms with Crippen molar-refractivity contribution in [3.05, 3.63) is 186 Å². The fourth-order valence-electron chi connectivity index (χ4n) is 9.20. The van der Waals surface area contributed by atoms with E-state index in [-0.39, 0.29) is 23.0 Å². The maximum atomic E-state index is 2.57. The van der Waals surface area contributed by atoms with Crippen LogP contribution >= 0.6 is 0 Å². The number of hydrogen-bond acceptors (Lipinski definition) is 2. The molecule has 0 spiro atoms. The van der Waals surface area contributed by atoms with E-state index in [1.54, 1.807) is 0 Å². The summed E-state index contributed by atoms with van der Waals surface area (Å²) in [6, 6.07) is 59.5. The van der Waals surface area contributed by atoms with Crippen molar-refractivity contribution < 1.29 is 0 Å². The fourth-order valence-corrected chi connectivity index (χ4v) is 9.20. The molecule has 2 heterocycles. The molecule has 9 rings (SSSR count). The van der Waals surface area contributed by atoms with Gasteiger partial charge in [-0.25, -0.2) is 0 Å². The van der Waals surface area contributed by atoms with E-state index in [4.69, 9.17) is 0 Å². The lowest BCUT2D eigenvalue weighted by Crippen LogP contribution is -2.61. The third-order valence-electron chi connectivity index (χ3n) is 12.5. The van der Waals surface area contributed by atoms with Gasteiger partial charge in [0.15, 0.2) is 0 Å². The lowest BCUT2D eigenvalue weighted by Gasteiger charge is -2.45. The van der Waals surface area contributed by atoms with E-state index in [2.05, 4.69) is 230 Å². The maximum absolute atomic E-state index is 2.57. The van der Waals surface area contributed by atoms with Crippen LogP contribution < -0.4 is 26.2 Å². The first-order valence-electron chi connectivity index (χ1n) is 20.6. The highest BCUT2D eigenvalue weighted by Crippen LogP contribution is 2.48. The van der Waals surface area contributed by atoms with Crippen molar-refractivity contribution in [2.45, 2.75) is 78.6 Å². The van der Waals surface area contributed by atoms with Gasteiger partial charge < -0.3 is 9.80 Å². The molecule has 0 amide bonds. The van der Waals surface area contributed by atoms with Crippen LogP contribution in [0.5, 0.6) is 0 Å². The lowest BCUT2D eigenvalue weighted by atomic mass is 9.33. The Kier molecular flexibility index (Phi) is 8.66. The van der Waals surface area contributed by atoms with Crippen LogP contribution in [0.3, 0.4) is 0 Å². The van der Waals surface area contributed by atoms with Crippen LogP contribution in [0.15, 0.2) is 158 Å². The predicted molar refractivity (Wildman–Crippen MR) is 247 cm³/mol. The van der Waals surface area contributed by atoms with Crippen LogP contribution in [0, 0.1) is 6.92 Å². The van der Waals surface area contributed by atoms with Gasteiger partial charge in [0, 0.05) is 39.4 Å². The van der Waals surface area contributed by atoms with Gasteiger partial charge in [-0.2, -0.15) is 0 Å². The number of hydrogen-bond donors (Lipinski definition) is 0. The topological polar surface area (TPSA) is 6.48 Å². The minimum Gasteiger partial charge on any atom is -0.311 e. The Labute approximate surface area is 340 Å². The summed E-state index contributed by atoms with van der Waals surface area (Å²) in [7, 11) is 0. The number of para-hydroxylation sites is 1. The summed E-state index contributed by atoms with van der Waals surface area (Å²) in [5, 5.41) is 0. The van der Waals surface area contributed by atoms with Crippen LogP contribution in [-0.4, -0.2) is 6.71 Å². The van der Waals surface area contributed by atoms with E-state index in [0.29, 0.717) is 0 Å². The number of anilines is 6. The molecule has 0 bridgehead atoms. The molecule has 0 saturated heterocycles. The highest BCUT2D eigenvalue weighted by Gasteiger charge is 2.45. The zero-order chi connectivity index (χ0) is 39.9. The molecule has 0 aliphatic carbocycles. The average Bonchev–Trinajstić information content (AvgIpc) is 3.20. The molecule has 0 unspecified atom stereocenters. The molecular formula is C54H53BN2. The Balaban J connectivity index is 1.38. The van der Waals surface area contributed by atoms with Gasteiger partial charge in [0.05, 0.1) is 5.69 Å². The predicted octanol–water partition coefficient (Wildman–Crippen LogP) is 12.7. The van der Waals surface area contributed by atoms with E-state index in [9.17, 15) is 0 Å². The lowest BCUT2D eigenvalue weighted by molar-refractivity contribution is 0.590. The molecule has 282 valence electrons. The Morgan fingerprint density at radius 1 is 0.404 bits per heavy atom. The third kappa shape index (κ3) is 6.20. The zero-order valence-corrected chi connectivity index (χ0v) is 35.0. The van der Waals surface area contributed by atoms with Crippen molar-refractivity contribution in [2.75, 3.05) is 9.80 Å². The van der Waals surface area contributed by atoms with E-state index >= 15 is 0 Å². The van der Waals surface area contributed by atoms with Crippen molar-refractivity contribution in [3.8, 4) is 11.1 Å². The highest BCUT2D eigenvalue weighted by atomic mass is 15.2. The van der Waals surface area contributed by atoms with Gasteiger partial charge in [-0.1, -0.05) is 171 Å². The van der Waals surface area contributed by atoms with E-state index in [1.165, 1.54) is 89.5 Å². The van der Waals surface area contributed by atoms with Crippen LogP contribution in [0.4, 0.5) is 34.1 Å². The first-order valence-corrected chi connectivity index (χ1v) is 20.6. The third-order valence-corrected chi connectivity index (χ3v) is 12.5. The highest BCUT2D eigenvalue weighted by molar-refractivity contribution is 7.00. The zero-order valence-electron chi connectivity index (χ0n) is 35.0. The summed E-state index contributed by atoms with van der Waals surface area (Å²) in [6.07, 6.45) is 0. The number of aryl methyl sites for hydroxylation is 1. The fraction of sp³-hybridized carbons (Fsp3) is 0.222. The first-order chi connectivity index (χ1) is 27.2. The van der Waals surface area contributed by atoms with Crippen LogP contribution in [0.1, 0.15) is 83.2 Å². The summed E-state index contributed by atoms with van der Waals surface area (Å²) < 4.78 is 0. The van der Waals surface area contributed by atoms with Crippen molar-refractivity contribution >= 4 is 57.2 Å². The molecule has 7 aromatic rings. The normalized spacial score (nSPS) is 13.6. The van der Waals surface area contributed by atoms with Crippen LogP contribution in [-0.2, 0) is 16.2 Å². The standard InChI is InChI=1S/C54H53BN2/c1-36-32-49-51-50(33-36)57(46-23-17-16-22-43(46)37-18-12-10-13-19-37)48-31-27-41(54(8,9)39-20-14-11-15-21-39)35-45(48)55(51)44-34-40(53(5,6)7)26-30-47(44)56(49)42-28-24-38(25-29-42)52(2,3)4/h10-35H,1-9H3. The van der Waals surface area contributed by atoms with Crippen molar-refractivity contribution in [2.24, 2.45) is 0 Å². The van der Waals surface area contributed by atoms with Gasteiger partial charge in [0.1, 0.15) is 0 Å². The van der Waals surface area contributed by atoms with Gasteiger partial charge in [-0.05, 0) is 110 Å². The minimum atomic E-state index is -0.203. The van der Waals surface area contributed by atoms with Crippen LogP contribution in [0.2, 0.25) is 0 Å². The molecule has 0 atom stereocenters. The molecule has 0 N–H and O–H groups in total. The maximum Gasteiger partial charge on any atom is 0.252 e. The Bertz CT molecular complexity index is 2630. The molecule has 2 nitrogen and oxygen atoms in total. The SMILES string of the molecule is Cc1cc2c3c(c1)N(c1ccccc1-c1ccccc1)c1ccc(C(C)(C)c4ccccc4)cc1B3c1cc(C(C)(C)C)ccc1N2c1ccc(C(C)(C)C)cc1. The van der Waals surface area contributed by atoms with Crippen molar-refractivity contribution in [1.29, 1.82) is 0 Å². The molecule has 2 aliphatic rings. The van der Waals surface area contributed by atoms with E-state index in [1.807, 2.05) is 0 Å². The summed E-state index contributed by atoms with van der Waals surface area (Å²) in [6.45, 7) is 20.9. The summed E-state index contributed by atoms with van der Waals surface area (Å²) in [4.78, 5) is 5.11. The monoisotopic (exact) mass is 740 g/mol. The Morgan fingerprint density at radius 2 is 0.912 bits per heavy atom.